The van der Waals surface area contributed by atoms with E-state index in [2.05, 4.69) is 11.4 Å². The van der Waals surface area contributed by atoms with Crippen LogP contribution in [0.1, 0.15) is 12.0 Å². The van der Waals surface area contributed by atoms with Crippen LogP contribution in [0.5, 0.6) is 5.75 Å². The number of rotatable bonds is 7. The zero-order chi connectivity index (χ0) is 22.3. The molecule has 3 aromatic carbocycles. The number of amides is 1. The van der Waals surface area contributed by atoms with Gasteiger partial charge < -0.3 is 9.15 Å². The van der Waals surface area contributed by atoms with Crippen molar-refractivity contribution >= 4 is 23.4 Å². The minimum Gasteiger partial charge on any atom is -0.491 e. The molecule has 32 heavy (non-hydrogen) atoms. The normalized spacial score (nSPS) is 10.4. The number of nitrogens with zero attached hydrogens (tertiary/aromatic N) is 1. The fourth-order valence-corrected chi connectivity index (χ4v) is 3.49. The van der Waals surface area contributed by atoms with Crippen LogP contribution in [-0.2, 0) is 4.79 Å². The molecule has 0 saturated heterocycles. The number of hydrogen-bond acceptors (Lipinski definition) is 4. The molecule has 4 aromatic rings. The third kappa shape index (κ3) is 4.66. The van der Waals surface area contributed by atoms with Crippen LogP contribution in [0, 0.1) is 11.3 Å². The van der Waals surface area contributed by atoms with E-state index >= 15 is 0 Å². The minimum atomic E-state index is -0.332. The predicted octanol–water partition coefficient (Wildman–Crippen LogP) is 6.55. The highest BCUT2D eigenvalue weighted by Crippen LogP contribution is 2.41. The summed E-state index contributed by atoms with van der Waals surface area (Å²) < 4.78 is 11.6. The van der Waals surface area contributed by atoms with E-state index in [4.69, 9.17) is 20.8 Å². The minimum absolute atomic E-state index is 0.0676. The standard InChI is InChI=1S/C26H19ClN2O3/c27-21-13-7-8-14-22(21)31-16-15-23(30)29-26-20(17-28)24(18-9-3-1-4-10-18)25(32-26)19-11-5-2-6-12-19/h1-14H,15-16H2,(H,29,30). The number of halogens is 1. The second-order valence-corrected chi connectivity index (χ2v) is 7.34. The Hall–Kier alpha value is -4.01. The van der Waals surface area contributed by atoms with E-state index in [-0.39, 0.29) is 30.4 Å². The van der Waals surface area contributed by atoms with E-state index in [9.17, 15) is 10.1 Å². The van der Waals surface area contributed by atoms with E-state index in [0.29, 0.717) is 22.1 Å². The molecule has 0 fully saturated rings. The predicted molar refractivity (Wildman–Crippen MR) is 124 cm³/mol. The number of anilines is 1. The van der Waals surface area contributed by atoms with Gasteiger partial charge in [-0.05, 0) is 17.7 Å². The van der Waals surface area contributed by atoms with Gasteiger partial charge in [-0.25, -0.2) is 0 Å². The lowest BCUT2D eigenvalue weighted by Gasteiger charge is -2.07. The van der Waals surface area contributed by atoms with Crippen LogP contribution < -0.4 is 10.1 Å². The number of ether oxygens (including phenoxy) is 1. The summed E-state index contributed by atoms with van der Waals surface area (Å²) in [5.74, 6) is 0.820. The van der Waals surface area contributed by atoms with Crippen molar-refractivity contribution < 1.29 is 13.9 Å². The fraction of sp³-hybridized carbons (Fsp3) is 0.0769. The van der Waals surface area contributed by atoms with Crippen molar-refractivity contribution in [3.63, 3.8) is 0 Å². The smallest absolute Gasteiger partial charge is 0.230 e. The maximum Gasteiger partial charge on any atom is 0.230 e. The molecule has 0 saturated carbocycles. The largest absolute Gasteiger partial charge is 0.491 e. The van der Waals surface area contributed by atoms with Crippen molar-refractivity contribution in [2.24, 2.45) is 0 Å². The Morgan fingerprint density at radius 2 is 1.56 bits per heavy atom. The number of furan rings is 1. The van der Waals surface area contributed by atoms with Gasteiger partial charge in [0.2, 0.25) is 11.8 Å². The third-order valence-corrected chi connectivity index (χ3v) is 5.11. The maximum atomic E-state index is 12.6. The van der Waals surface area contributed by atoms with Gasteiger partial charge in [-0.3, -0.25) is 10.1 Å². The van der Waals surface area contributed by atoms with E-state index in [0.717, 1.165) is 11.1 Å². The molecule has 0 unspecified atom stereocenters. The first-order valence-electron chi connectivity index (χ1n) is 10.0. The third-order valence-electron chi connectivity index (χ3n) is 4.79. The molecule has 5 nitrogen and oxygen atoms in total. The van der Waals surface area contributed by atoms with Gasteiger partial charge in [-0.2, -0.15) is 5.26 Å². The summed E-state index contributed by atoms with van der Waals surface area (Å²) in [6.45, 7) is 0.134. The number of benzene rings is 3. The monoisotopic (exact) mass is 442 g/mol. The van der Waals surface area contributed by atoms with Crippen LogP contribution in [0.4, 0.5) is 5.88 Å². The van der Waals surface area contributed by atoms with Crippen LogP contribution >= 0.6 is 11.6 Å². The number of nitrogens with one attached hydrogen (secondary N) is 1. The van der Waals surface area contributed by atoms with Gasteiger partial charge >= 0.3 is 0 Å². The molecule has 0 atom stereocenters. The molecule has 0 aliphatic heterocycles. The Bertz CT molecular complexity index is 1260. The molecule has 1 N–H and O–H groups in total. The van der Waals surface area contributed by atoms with E-state index < -0.39 is 0 Å². The first-order valence-corrected chi connectivity index (χ1v) is 10.4. The maximum absolute atomic E-state index is 12.6. The Balaban J connectivity index is 1.59. The molecular formula is C26H19ClN2O3. The molecule has 6 heteroatoms. The summed E-state index contributed by atoms with van der Waals surface area (Å²) in [6.07, 6.45) is 0.0676. The van der Waals surface area contributed by atoms with Crippen LogP contribution in [0.3, 0.4) is 0 Å². The van der Waals surface area contributed by atoms with Crippen LogP contribution in [0.25, 0.3) is 22.5 Å². The summed E-state index contributed by atoms with van der Waals surface area (Å²) in [5.41, 5.74) is 2.55. The van der Waals surface area contributed by atoms with Crippen LogP contribution in [-0.4, -0.2) is 12.5 Å². The van der Waals surface area contributed by atoms with Gasteiger partial charge in [-0.15, -0.1) is 0 Å². The number of nitriles is 1. The summed E-state index contributed by atoms with van der Waals surface area (Å²) in [6, 6.07) is 28.2. The van der Waals surface area contributed by atoms with Gasteiger partial charge in [0.15, 0.2) is 0 Å². The molecule has 0 aliphatic rings. The number of para-hydroxylation sites is 1. The highest BCUT2D eigenvalue weighted by atomic mass is 35.5. The summed E-state index contributed by atoms with van der Waals surface area (Å²) in [7, 11) is 0. The van der Waals surface area contributed by atoms with E-state index in [1.807, 2.05) is 60.7 Å². The average molecular weight is 443 g/mol. The van der Waals surface area contributed by atoms with Crippen LogP contribution in [0.15, 0.2) is 89.3 Å². The average Bonchev–Trinajstić information content (AvgIpc) is 3.19. The second kappa shape index (κ2) is 9.86. The zero-order valence-electron chi connectivity index (χ0n) is 17.0. The molecule has 1 amide bonds. The lowest BCUT2D eigenvalue weighted by Crippen LogP contribution is -2.15. The van der Waals surface area contributed by atoms with Crippen molar-refractivity contribution in [1.29, 1.82) is 5.26 Å². The summed E-state index contributed by atoms with van der Waals surface area (Å²) >= 11 is 6.07. The Morgan fingerprint density at radius 1 is 0.938 bits per heavy atom. The van der Waals surface area contributed by atoms with Crippen LogP contribution in [0.2, 0.25) is 5.02 Å². The molecule has 0 bridgehead atoms. The molecule has 4 rings (SSSR count). The van der Waals surface area contributed by atoms with Crippen molar-refractivity contribution in [2.75, 3.05) is 11.9 Å². The molecule has 1 heterocycles. The van der Waals surface area contributed by atoms with Gasteiger partial charge in [0.05, 0.1) is 18.1 Å². The topological polar surface area (TPSA) is 75.3 Å². The summed E-state index contributed by atoms with van der Waals surface area (Å²) in [5, 5.41) is 13.1. The Morgan fingerprint density at radius 3 is 2.22 bits per heavy atom. The molecule has 0 aliphatic carbocycles. The number of carbonyl (C=O) groups excluding carboxylic acids is 1. The fourth-order valence-electron chi connectivity index (χ4n) is 3.30. The highest BCUT2D eigenvalue weighted by molar-refractivity contribution is 6.32. The van der Waals surface area contributed by atoms with Gasteiger partial charge in [0.1, 0.15) is 23.1 Å². The molecule has 0 radical (unpaired) electrons. The van der Waals surface area contributed by atoms with E-state index in [1.165, 1.54) is 0 Å². The lowest BCUT2D eigenvalue weighted by molar-refractivity contribution is -0.116. The number of hydrogen-bond donors (Lipinski definition) is 1. The van der Waals surface area contributed by atoms with E-state index in [1.54, 1.807) is 24.3 Å². The van der Waals surface area contributed by atoms with Crippen molar-refractivity contribution in [2.45, 2.75) is 6.42 Å². The molecular weight excluding hydrogens is 424 g/mol. The highest BCUT2D eigenvalue weighted by Gasteiger charge is 2.24. The Labute approximate surface area is 190 Å². The quantitative estimate of drug-likeness (QED) is 0.352. The lowest BCUT2D eigenvalue weighted by atomic mass is 9.98. The first-order chi connectivity index (χ1) is 15.7. The van der Waals surface area contributed by atoms with Gasteiger partial charge in [-0.1, -0.05) is 84.4 Å². The van der Waals surface area contributed by atoms with Gasteiger partial charge in [0, 0.05) is 11.1 Å². The van der Waals surface area contributed by atoms with Crippen molar-refractivity contribution in [3.05, 3.63) is 95.5 Å². The summed E-state index contributed by atoms with van der Waals surface area (Å²) in [4.78, 5) is 12.6. The Kier molecular flexibility index (Phi) is 6.54. The van der Waals surface area contributed by atoms with Gasteiger partial charge in [0.25, 0.3) is 0 Å². The first kappa shape index (κ1) is 21.2. The van der Waals surface area contributed by atoms with Crippen molar-refractivity contribution in [3.8, 4) is 34.3 Å². The van der Waals surface area contributed by atoms with Crippen molar-refractivity contribution in [1.82, 2.24) is 0 Å². The molecule has 158 valence electrons. The molecule has 1 aromatic heterocycles. The molecule has 0 spiro atoms. The zero-order valence-corrected chi connectivity index (χ0v) is 17.8. The second-order valence-electron chi connectivity index (χ2n) is 6.93. The SMILES string of the molecule is N#Cc1c(NC(=O)CCOc2ccccc2Cl)oc(-c2ccccc2)c1-c1ccccc1. The number of carbonyl (C=O) groups is 1.